The van der Waals surface area contributed by atoms with Crippen molar-refractivity contribution in [3.05, 3.63) is 54.1 Å². The van der Waals surface area contributed by atoms with E-state index in [0.717, 1.165) is 16.2 Å². The van der Waals surface area contributed by atoms with Gasteiger partial charge in [0.1, 0.15) is 5.75 Å². The van der Waals surface area contributed by atoms with Gasteiger partial charge in [0.2, 0.25) is 0 Å². The van der Waals surface area contributed by atoms with E-state index in [2.05, 4.69) is 5.32 Å². The van der Waals surface area contributed by atoms with Gasteiger partial charge in [0.05, 0.1) is 12.4 Å². The average molecular weight is 373 g/mol. The smallest absolute Gasteiger partial charge is 0.317 e. The predicted molar refractivity (Wildman–Crippen MR) is 104 cm³/mol. The van der Waals surface area contributed by atoms with Crippen molar-refractivity contribution >= 4 is 29.3 Å². The van der Waals surface area contributed by atoms with Gasteiger partial charge < -0.3 is 14.8 Å². The monoisotopic (exact) mass is 373 g/mol. The topological polar surface area (TPSA) is 64.6 Å². The van der Waals surface area contributed by atoms with Crippen molar-refractivity contribution in [2.45, 2.75) is 31.8 Å². The van der Waals surface area contributed by atoms with Gasteiger partial charge in [-0.05, 0) is 56.7 Å². The second kappa shape index (κ2) is 9.87. The fourth-order valence-electron chi connectivity index (χ4n) is 2.18. The summed E-state index contributed by atoms with van der Waals surface area (Å²) in [4.78, 5) is 25.2. The Morgan fingerprint density at radius 3 is 2.46 bits per heavy atom. The number of ether oxygens (including phenoxy) is 2. The van der Waals surface area contributed by atoms with Crippen LogP contribution in [-0.4, -0.2) is 30.3 Å². The number of thioether (sulfide) groups is 1. The van der Waals surface area contributed by atoms with Crippen molar-refractivity contribution in [2.24, 2.45) is 0 Å². The van der Waals surface area contributed by atoms with Crippen LogP contribution in [0.2, 0.25) is 0 Å². The Kier molecular flexibility index (Phi) is 7.53. The molecule has 0 aromatic heterocycles. The zero-order chi connectivity index (χ0) is 18.9. The molecule has 1 amide bonds. The second-order valence-electron chi connectivity index (χ2n) is 5.63. The number of benzene rings is 2. The number of carbonyl (C=O) groups is 2. The van der Waals surface area contributed by atoms with Crippen LogP contribution >= 0.6 is 11.8 Å². The first-order valence-electron chi connectivity index (χ1n) is 8.41. The summed E-state index contributed by atoms with van der Waals surface area (Å²) in [5, 5.41) is 2.72. The van der Waals surface area contributed by atoms with E-state index in [0.29, 0.717) is 12.3 Å². The largest absolute Gasteiger partial charge is 0.494 e. The fourth-order valence-corrected chi connectivity index (χ4v) is 3.00. The van der Waals surface area contributed by atoms with Gasteiger partial charge in [-0.2, -0.15) is 0 Å². The Labute approximate surface area is 158 Å². The van der Waals surface area contributed by atoms with Gasteiger partial charge in [0.25, 0.3) is 5.91 Å². The molecular weight excluding hydrogens is 350 g/mol. The minimum atomic E-state index is -0.869. The number of hydrogen-bond acceptors (Lipinski definition) is 5. The SMILES string of the molecule is CCOc1ccc(NC(=O)[C@@H](C)OC(=O)CSc2ccccc2C)cc1. The van der Waals surface area contributed by atoms with Gasteiger partial charge in [-0.3, -0.25) is 9.59 Å². The van der Waals surface area contributed by atoms with E-state index in [1.165, 1.54) is 11.8 Å². The van der Waals surface area contributed by atoms with Gasteiger partial charge in [0, 0.05) is 10.6 Å². The van der Waals surface area contributed by atoms with Gasteiger partial charge in [-0.15, -0.1) is 11.8 Å². The summed E-state index contributed by atoms with van der Waals surface area (Å²) >= 11 is 1.40. The van der Waals surface area contributed by atoms with Crippen LogP contribution in [0.15, 0.2) is 53.4 Å². The molecule has 26 heavy (non-hydrogen) atoms. The highest BCUT2D eigenvalue weighted by Crippen LogP contribution is 2.22. The van der Waals surface area contributed by atoms with Crippen molar-refractivity contribution in [1.29, 1.82) is 0 Å². The molecule has 5 nitrogen and oxygen atoms in total. The third-order valence-electron chi connectivity index (χ3n) is 3.55. The highest BCUT2D eigenvalue weighted by atomic mass is 32.2. The lowest BCUT2D eigenvalue weighted by Gasteiger charge is -2.14. The first-order valence-corrected chi connectivity index (χ1v) is 9.39. The van der Waals surface area contributed by atoms with E-state index in [4.69, 9.17) is 9.47 Å². The standard InChI is InChI=1S/C20H23NO4S/c1-4-24-17-11-9-16(10-12-17)21-20(23)15(3)25-19(22)13-26-18-8-6-5-7-14(18)2/h5-12,15H,4,13H2,1-3H3,(H,21,23)/t15-/m1/s1. The summed E-state index contributed by atoms with van der Waals surface area (Å²) in [5.74, 6) is 0.0973. The van der Waals surface area contributed by atoms with Gasteiger partial charge >= 0.3 is 5.97 Å². The van der Waals surface area contributed by atoms with Crippen LogP contribution < -0.4 is 10.1 Å². The van der Waals surface area contributed by atoms with Crippen molar-refractivity contribution in [3.63, 3.8) is 0 Å². The maximum absolute atomic E-state index is 12.2. The Morgan fingerprint density at radius 2 is 1.81 bits per heavy atom. The lowest BCUT2D eigenvalue weighted by Crippen LogP contribution is -2.30. The highest BCUT2D eigenvalue weighted by Gasteiger charge is 2.18. The first-order chi connectivity index (χ1) is 12.5. The quantitative estimate of drug-likeness (QED) is 0.558. The number of aryl methyl sites for hydroxylation is 1. The lowest BCUT2D eigenvalue weighted by atomic mass is 10.2. The van der Waals surface area contributed by atoms with E-state index < -0.39 is 12.1 Å². The molecule has 0 saturated carbocycles. The lowest BCUT2D eigenvalue weighted by molar-refractivity contribution is -0.150. The molecule has 2 aromatic rings. The Bertz CT molecular complexity index is 746. The molecule has 0 bridgehead atoms. The number of carbonyl (C=O) groups excluding carboxylic acids is 2. The minimum absolute atomic E-state index is 0.158. The molecule has 2 rings (SSSR count). The molecule has 138 valence electrons. The molecule has 0 radical (unpaired) electrons. The summed E-state index contributed by atoms with van der Waals surface area (Å²) in [6.45, 7) is 6.03. The summed E-state index contributed by atoms with van der Waals surface area (Å²) in [7, 11) is 0. The summed E-state index contributed by atoms with van der Waals surface area (Å²) in [6.07, 6.45) is -0.869. The van der Waals surface area contributed by atoms with Crippen LogP contribution in [0, 0.1) is 6.92 Å². The number of hydrogen-bond donors (Lipinski definition) is 1. The maximum Gasteiger partial charge on any atom is 0.317 e. The normalized spacial score (nSPS) is 11.5. The number of rotatable bonds is 8. The molecule has 0 saturated heterocycles. The molecule has 1 N–H and O–H groups in total. The van der Waals surface area contributed by atoms with Crippen LogP contribution in [0.3, 0.4) is 0 Å². The summed E-state index contributed by atoms with van der Waals surface area (Å²) in [6, 6.07) is 14.8. The Morgan fingerprint density at radius 1 is 1.12 bits per heavy atom. The molecule has 0 spiro atoms. The molecule has 0 aliphatic heterocycles. The van der Waals surface area contributed by atoms with Crippen LogP contribution in [0.5, 0.6) is 5.75 Å². The number of amides is 1. The number of esters is 1. The summed E-state index contributed by atoms with van der Waals surface area (Å²) < 4.78 is 10.6. The van der Waals surface area contributed by atoms with Crippen LogP contribution in [-0.2, 0) is 14.3 Å². The van der Waals surface area contributed by atoms with Gasteiger partial charge in [0.15, 0.2) is 6.10 Å². The molecule has 0 heterocycles. The molecule has 0 unspecified atom stereocenters. The third-order valence-corrected chi connectivity index (χ3v) is 4.70. The number of anilines is 1. The maximum atomic E-state index is 12.2. The van der Waals surface area contributed by atoms with E-state index in [1.54, 1.807) is 31.2 Å². The zero-order valence-electron chi connectivity index (χ0n) is 15.2. The van der Waals surface area contributed by atoms with Gasteiger partial charge in [-0.1, -0.05) is 18.2 Å². The van der Waals surface area contributed by atoms with Crippen LogP contribution in [0.4, 0.5) is 5.69 Å². The fraction of sp³-hybridized carbons (Fsp3) is 0.300. The average Bonchev–Trinajstić information content (AvgIpc) is 2.63. The molecule has 2 aromatic carbocycles. The molecular formula is C20H23NO4S. The van der Waals surface area contributed by atoms with Crippen molar-refractivity contribution in [3.8, 4) is 5.75 Å². The van der Waals surface area contributed by atoms with Crippen LogP contribution in [0.25, 0.3) is 0 Å². The first kappa shape index (κ1) is 19.8. The van der Waals surface area contributed by atoms with Crippen molar-refractivity contribution < 1.29 is 19.1 Å². The predicted octanol–water partition coefficient (Wildman–Crippen LogP) is 4.06. The molecule has 6 heteroatoms. The Balaban J connectivity index is 1.80. The molecule has 0 aliphatic rings. The van der Waals surface area contributed by atoms with Crippen molar-refractivity contribution in [1.82, 2.24) is 0 Å². The highest BCUT2D eigenvalue weighted by molar-refractivity contribution is 8.00. The van der Waals surface area contributed by atoms with E-state index >= 15 is 0 Å². The summed E-state index contributed by atoms with van der Waals surface area (Å²) in [5.41, 5.74) is 1.72. The van der Waals surface area contributed by atoms with Crippen LogP contribution in [0.1, 0.15) is 19.4 Å². The molecule has 0 fully saturated rings. The number of nitrogens with one attached hydrogen (secondary N) is 1. The minimum Gasteiger partial charge on any atom is -0.494 e. The van der Waals surface area contributed by atoms with Crippen molar-refractivity contribution in [2.75, 3.05) is 17.7 Å². The molecule has 1 atom stereocenters. The van der Waals surface area contributed by atoms with E-state index in [-0.39, 0.29) is 11.7 Å². The van der Waals surface area contributed by atoms with E-state index in [9.17, 15) is 9.59 Å². The second-order valence-corrected chi connectivity index (χ2v) is 6.65. The molecule has 0 aliphatic carbocycles. The zero-order valence-corrected chi connectivity index (χ0v) is 16.0. The van der Waals surface area contributed by atoms with Gasteiger partial charge in [-0.25, -0.2) is 0 Å². The Hall–Kier alpha value is -2.47. The van der Waals surface area contributed by atoms with E-state index in [1.807, 2.05) is 38.1 Å². The third kappa shape index (κ3) is 6.11.